The summed E-state index contributed by atoms with van der Waals surface area (Å²) in [7, 11) is 1.68. The van der Waals surface area contributed by atoms with E-state index in [0.717, 1.165) is 6.54 Å². The van der Waals surface area contributed by atoms with Crippen LogP contribution in [0.15, 0.2) is 6.20 Å². The van der Waals surface area contributed by atoms with Crippen molar-refractivity contribution in [3.63, 3.8) is 0 Å². The van der Waals surface area contributed by atoms with Gasteiger partial charge in [-0.25, -0.2) is 0 Å². The predicted octanol–water partition coefficient (Wildman–Crippen LogP) is 1.15. The molecule has 1 aliphatic rings. The highest BCUT2D eigenvalue weighted by molar-refractivity contribution is 5.54. The number of rotatable bonds is 4. The van der Waals surface area contributed by atoms with Crippen molar-refractivity contribution in [1.29, 1.82) is 0 Å². The van der Waals surface area contributed by atoms with Crippen LogP contribution in [0.5, 0.6) is 0 Å². The summed E-state index contributed by atoms with van der Waals surface area (Å²) in [5.41, 5.74) is 0.0492. The van der Waals surface area contributed by atoms with Crippen molar-refractivity contribution in [3.05, 3.63) is 16.3 Å². The average molecular weight is 196 g/mol. The van der Waals surface area contributed by atoms with Gasteiger partial charge in [-0.05, 0) is 18.8 Å². The number of hydrogen-bond donors (Lipinski definition) is 1. The molecule has 1 aromatic rings. The van der Waals surface area contributed by atoms with Crippen molar-refractivity contribution in [2.24, 2.45) is 13.0 Å². The van der Waals surface area contributed by atoms with Gasteiger partial charge in [-0.1, -0.05) is 0 Å². The highest BCUT2D eigenvalue weighted by atomic mass is 16.6. The summed E-state index contributed by atoms with van der Waals surface area (Å²) < 4.78 is 1.45. The van der Waals surface area contributed by atoms with Gasteiger partial charge >= 0.3 is 5.69 Å². The maximum Gasteiger partial charge on any atom is 0.330 e. The lowest BCUT2D eigenvalue weighted by molar-refractivity contribution is -0.384. The van der Waals surface area contributed by atoms with Crippen LogP contribution in [0.2, 0.25) is 0 Å². The van der Waals surface area contributed by atoms with Crippen molar-refractivity contribution >= 4 is 11.5 Å². The third kappa shape index (κ3) is 1.84. The summed E-state index contributed by atoms with van der Waals surface area (Å²) in [5, 5.41) is 17.6. The molecule has 2 rings (SSSR count). The Balaban J connectivity index is 2.09. The Kier molecular flexibility index (Phi) is 2.11. The van der Waals surface area contributed by atoms with Crippen LogP contribution in [-0.4, -0.2) is 21.2 Å². The Hall–Kier alpha value is -1.59. The summed E-state index contributed by atoms with van der Waals surface area (Å²) >= 11 is 0. The molecule has 0 aliphatic heterocycles. The first-order valence-corrected chi connectivity index (χ1v) is 4.58. The number of nitrogens with zero attached hydrogens (tertiary/aromatic N) is 3. The van der Waals surface area contributed by atoms with E-state index in [-0.39, 0.29) is 5.69 Å². The molecule has 1 fully saturated rings. The van der Waals surface area contributed by atoms with Gasteiger partial charge in [0.05, 0.1) is 4.92 Å². The first kappa shape index (κ1) is 8.98. The molecule has 0 aromatic carbocycles. The van der Waals surface area contributed by atoms with E-state index in [0.29, 0.717) is 11.7 Å². The van der Waals surface area contributed by atoms with Gasteiger partial charge in [0.15, 0.2) is 0 Å². The predicted molar refractivity (Wildman–Crippen MR) is 51.1 cm³/mol. The smallest absolute Gasteiger partial charge is 0.330 e. The van der Waals surface area contributed by atoms with E-state index in [1.807, 2.05) is 0 Å². The molecule has 0 radical (unpaired) electrons. The normalized spacial score (nSPS) is 15.5. The average Bonchev–Trinajstić information content (AvgIpc) is 2.86. The summed E-state index contributed by atoms with van der Waals surface area (Å²) in [6, 6.07) is 0. The third-order valence-corrected chi connectivity index (χ3v) is 2.26. The van der Waals surface area contributed by atoms with Crippen molar-refractivity contribution in [3.8, 4) is 0 Å². The fourth-order valence-corrected chi connectivity index (χ4v) is 1.30. The number of aryl methyl sites for hydroxylation is 1. The zero-order valence-corrected chi connectivity index (χ0v) is 7.93. The highest BCUT2D eigenvalue weighted by Gasteiger charge is 2.24. The van der Waals surface area contributed by atoms with Gasteiger partial charge in [-0.2, -0.15) is 0 Å². The van der Waals surface area contributed by atoms with E-state index in [1.54, 1.807) is 7.05 Å². The number of nitrogens with one attached hydrogen (secondary N) is 1. The fourth-order valence-electron chi connectivity index (χ4n) is 1.30. The molecular formula is C8H12N4O2. The highest BCUT2D eigenvalue weighted by Crippen LogP contribution is 2.30. The maximum absolute atomic E-state index is 10.6. The Bertz CT molecular complexity index is 356. The van der Waals surface area contributed by atoms with Gasteiger partial charge in [0, 0.05) is 13.6 Å². The molecule has 0 bridgehead atoms. The molecule has 1 N–H and O–H groups in total. The van der Waals surface area contributed by atoms with E-state index < -0.39 is 4.92 Å². The van der Waals surface area contributed by atoms with Gasteiger partial charge in [0.25, 0.3) is 0 Å². The summed E-state index contributed by atoms with van der Waals surface area (Å²) in [6.07, 6.45) is 3.84. The monoisotopic (exact) mass is 196 g/mol. The van der Waals surface area contributed by atoms with E-state index in [1.165, 1.54) is 23.7 Å². The lowest BCUT2D eigenvalue weighted by atomic mass is 10.4. The Morgan fingerprint density at radius 3 is 3.07 bits per heavy atom. The minimum Gasteiger partial charge on any atom is -0.363 e. The van der Waals surface area contributed by atoms with Crippen LogP contribution in [0.1, 0.15) is 12.8 Å². The maximum atomic E-state index is 10.6. The van der Waals surface area contributed by atoms with Gasteiger partial charge in [-0.3, -0.25) is 14.8 Å². The number of nitro groups is 1. The first-order chi connectivity index (χ1) is 6.66. The molecule has 1 aliphatic carbocycles. The molecule has 0 spiro atoms. The van der Waals surface area contributed by atoms with Crippen LogP contribution >= 0.6 is 0 Å². The molecular weight excluding hydrogens is 184 g/mol. The van der Waals surface area contributed by atoms with Crippen LogP contribution < -0.4 is 5.32 Å². The molecule has 6 nitrogen and oxygen atoms in total. The Morgan fingerprint density at radius 1 is 1.79 bits per heavy atom. The standard InChI is InChI=1S/C8H12N4O2/c1-11-5-7(12(13)14)8(10-11)9-4-6-2-3-6/h5-6H,2-4H2,1H3,(H,9,10). The number of anilines is 1. The molecule has 1 saturated carbocycles. The van der Waals surface area contributed by atoms with Crippen LogP contribution in [0.25, 0.3) is 0 Å². The second kappa shape index (κ2) is 3.28. The van der Waals surface area contributed by atoms with Gasteiger partial charge in [-0.15, -0.1) is 5.10 Å². The minimum atomic E-state index is -0.414. The minimum absolute atomic E-state index is 0.0492. The van der Waals surface area contributed by atoms with E-state index in [2.05, 4.69) is 10.4 Å². The molecule has 76 valence electrons. The molecule has 6 heteroatoms. The molecule has 0 saturated heterocycles. The molecule has 1 heterocycles. The fraction of sp³-hybridized carbons (Fsp3) is 0.625. The Morgan fingerprint density at radius 2 is 2.50 bits per heavy atom. The van der Waals surface area contributed by atoms with Gasteiger partial charge in [0.1, 0.15) is 6.20 Å². The van der Waals surface area contributed by atoms with E-state index >= 15 is 0 Å². The summed E-state index contributed by atoms with van der Waals surface area (Å²) in [6.45, 7) is 0.790. The summed E-state index contributed by atoms with van der Waals surface area (Å²) in [4.78, 5) is 10.2. The van der Waals surface area contributed by atoms with E-state index in [4.69, 9.17) is 0 Å². The number of hydrogen-bond acceptors (Lipinski definition) is 4. The van der Waals surface area contributed by atoms with Crippen LogP contribution in [0, 0.1) is 16.0 Å². The SMILES string of the molecule is Cn1cc([N+](=O)[O-])c(NCC2CC2)n1. The van der Waals surface area contributed by atoms with Crippen molar-refractivity contribution in [2.75, 3.05) is 11.9 Å². The zero-order valence-electron chi connectivity index (χ0n) is 7.93. The third-order valence-electron chi connectivity index (χ3n) is 2.26. The largest absolute Gasteiger partial charge is 0.363 e. The summed E-state index contributed by atoms with van der Waals surface area (Å²) in [5.74, 6) is 1.06. The van der Waals surface area contributed by atoms with Crippen LogP contribution in [0.4, 0.5) is 11.5 Å². The topological polar surface area (TPSA) is 73.0 Å². The molecule has 0 atom stereocenters. The van der Waals surface area contributed by atoms with Gasteiger partial charge in [0.2, 0.25) is 5.82 Å². The molecule has 0 amide bonds. The first-order valence-electron chi connectivity index (χ1n) is 4.58. The van der Waals surface area contributed by atoms with E-state index in [9.17, 15) is 10.1 Å². The molecule has 1 aromatic heterocycles. The van der Waals surface area contributed by atoms with Crippen molar-refractivity contribution in [2.45, 2.75) is 12.8 Å². The van der Waals surface area contributed by atoms with Gasteiger partial charge < -0.3 is 5.32 Å². The van der Waals surface area contributed by atoms with Crippen LogP contribution in [0.3, 0.4) is 0 Å². The van der Waals surface area contributed by atoms with Crippen molar-refractivity contribution in [1.82, 2.24) is 9.78 Å². The quantitative estimate of drug-likeness (QED) is 0.579. The second-order valence-corrected chi connectivity index (χ2v) is 3.62. The lowest BCUT2D eigenvalue weighted by Gasteiger charge is -1.99. The number of aromatic nitrogens is 2. The zero-order chi connectivity index (χ0) is 10.1. The van der Waals surface area contributed by atoms with Crippen molar-refractivity contribution < 1.29 is 4.92 Å². The molecule has 0 unspecified atom stereocenters. The molecule has 14 heavy (non-hydrogen) atoms. The second-order valence-electron chi connectivity index (χ2n) is 3.62. The lowest BCUT2D eigenvalue weighted by Crippen LogP contribution is -2.05. The Labute approximate surface area is 81.1 Å². The van der Waals surface area contributed by atoms with Crippen LogP contribution in [-0.2, 0) is 7.05 Å².